The molecule has 0 saturated carbocycles. The van der Waals surface area contributed by atoms with Crippen LogP contribution in [-0.4, -0.2) is 4.98 Å². The molecule has 112 valence electrons. The van der Waals surface area contributed by atoms with E-state index in [4.69, 9.17) is 4.98 Å². The Bertz CT molecular complexity index is 823. The summed E-state index contributed by atoms with van der Waals surface area (Å²) in [7, 11) is 0. The Labute approximate surface area is 140 Å². The van der Waals surface area contributed by atoms with Gasteiger partial charge in [-0.3, -0.25) is 0 Å². The fraction of sp³-hybridized carbons (Fsp3) is 0.100. The molecular formula is C20H16N2S. The van der Waals surface area contributed by atoms with Gasteiger partial charge in [0.1, 0.15) is 11.1 Å². The van der Waals surface area contributed by atoms with E-state index in [0.717, 1.165) is 16.3 Å². The average Bonchev–Trinajstić information content (AvgIpc) is 2.63. The second-order valence-electron chi connectivity index (χ2n) is 5.20. The van der Waals surface area contributed by atoms with Crippen LogP contribution in [-0.2, 0) is 0 Å². The quantitative estimate of drug-likeness (QED) is 0.599. The summed E-state index contributed by atoms with van der Waals surface area (Å²) in [5, 5.41) is 10.4. The smallest absolute Gasteiger partial charge is 0.115 e. The number of rotatable bonds is 4. The van der Waals surface area contributed by atoms with Gasteiger partial charge in [-0.1, -0.05) is 72.4 Å². The van der Waals surface area contributed by atoms with E-state index >= 15 is 0 Å². The van der Waals surface area contributed by atoms with Gasteiger partial charge in [0.2, 0.25) is 0 Å². The van der Waals surface area contributed by atoms with Gasteiger partial charge >= 0.3 is 0 Å². The molecule has 0 N–H and O–H groups in total. The first-order valence-electron chi connectivity index (χ1n) is 7.46. The minimum absolute atomic E-state index is 0.238. The van der Waals surface area contributed by atoms with Gasteiger partial charge in [0.25, 0.3) is 0 Å². The average molecular weight is 316 g/mol. The first-order chi connectivity index (χ1) is 11.3. The van der Waals surface area contributed by atoms with Crippen molar-refractivity contribution in [3.05, 3.63) is 83.9 Å². The Morgan fingerprint density at radius 3 is 2.22 bits per heavy atom. The van der Waals surface area contributed by atoms with E-state index in [1.807, 2.05) is 60.7 Å². The van der Waals surface area contributed by atoms with Crippen LogP contribution >= 0.6 is 11.8 Å². The fourth-order valence-electron chi connectivity index (χ4n) is 2.34. The molecule has 0 aliphatic heterocycles. The van der Waals surface area contributed by atoms with Gasteiger partial charge in [-0.15, -0.1) is 0 Å². The van der Waals surface area contributed by atoms with Crippen LogP contribution in [0.4, 0.5) is 0 Å². The highest BCUT2D eigenvalue weighted by Gasteiger charge is 2.13. The summed E-state index contributed by atoms with van der Waals surface area (Å²) in [6.07, 6.45) is 0. The van der Waals surface area contributed by atoms with Crippen molar-refractivity contribution in [2.75, 3.05) is 0 Å². The van der Waals surface area contributed by atoms with Crippen molar-refractivity contribution in [1.82, 2.24) is 4.98 Å². The maximum Gasteiger partial charge on any atom is 0.115 e. The molecule has 0 spiro atoms. The Morgan fingerprint density at radius 1 is 0.913 bits per heavy atom. The molecule has 3 aromatic rings. The molecule has 0 bridgehead atoms. The molecule has 0 fully saturated rings. The Hall–Kier alpha value is -2.57. The van der Waals surface area contributed by atoms with Gasteiger partial charge in [0.15, 0.2) is 0 Å². The summed E-state index contributed by atoms with van der Waals surface area (Å²) in [5.41, 5.74) is 3.81. The number of hydrogen-bond donors (Lipinski definition) is 0. The minimum Gasteiger partial charge on any atom is -0.240 e. The largest absolute Gasteiger partial charge is 0.240 e. The first-order valence-corrected chi connectivity index (χ1v) is 8.34. The van der Waals surface area contributed by atoms with Gasteiger partial charge in [0.05, 0.1) is 11.3 Å². The van der Waals surface area contributed by atoms with Crippen LogP contribution in [0.2, 0.25) is 0 Å². The van der Waals surface area contributed by atoms with Gasteiger partial charge in [-0.05, 0) is 24.6 Å². The third-order valence-corrected chi connectivity index (χ3v) is 4.77. The number of pyridine rings is 1. The maximum absolute atomic E-state index is 9.36. The second-order valence-corrected chi connectivity index (χ2v) is 6.53. The van der Waals surface area contributed by atoms with Crippen LogP contribution in [0.15, 0.2) is 77.8 Å². The summed E-state index contributed by atoms with van der Waals surface area (Å²) in [5.74, 6) is 0. The van der Waals surface area contributed by atoms with Crippen molar-refractivity contribution in [2.45, 2.75) is 17.2 Å². The molecular weight excluding hydrogens is 300 g/mol. The van der Waals surface area contributed by atoms with Crippen LogP contribution in [0.5, 0.6) is 0 Å². The zero-order valence-corrected chi connectivity index (χ0v) is 13.6. The Balaban J connectivity index is 1.93. The van der Waals surface area contributed by atoms with Crippen LogP contribution < -0.4 is 0 Å². The summed E-state index contributed by atoms with van der Waals surface area (Å²) >= 11 is 1.62. The van der Waals surface area contributed by atoms with Crippen molar-refractivity contribution in [1.29, 1.82) is 5.26 Å². The van der Waals surface area contributed by atoms with Crippen molar-refractivity contribution in [3.8, 4) is 17.3 Å². The van der Waals surface area contributed by atoms with E-state index < -0.39 is 0 Å². The second kappa shape index (κ2) is 7.13. The highest BCUT2D eigenvalue weighted by Crippen LogP contribution is 2.36. The molecule has 0 aliphatic rings. The van der Waals surface area contributed by atoms with Crippen molar-refractivity contribution in [3.63, 3.8) is 0 Å². The van der Waals surface area contributed by atoms with Crippen LogP contribution in [0.1, 0.15) is 23.3 Å². The summed E-state index contributed by atoms with van der Waals surface area (Å²) in [6.45, 7) is 2.14. The number of benzene rings is 2. The van der Waals surface area contributed by atoms with Crippen molar-refractivity contribution in [2.24, 2.45) is 0 Å². The minimum atomic E-state index is 0.238. The van der Waals surface area contributed by atoms with Gasteiger partial charge in [-0.2, -0.15) is 5.26 Å². The lowest BCUT2D eigenvalue weighted by Crippen LogP contribution is -1.94. The molecule has 3 rings (SSSR count). The van der Waals surface area contributed by atoms with Crippen LogP contribution in [0.25, 0.3) is 11.3 Å². The molecule has 1 atom stereocenters. The molecule has 1 aromatic heterocycles. The maximum atomic E-state index is 9.36. The van der Waals surface area contributed by atoms with Crippen molar-refractivity contribution >= 4 is 11.8 Å². The van der Waals surface area contributed by atoms with E-state index in [0.29, 0.717) is 5.56 Å². The Kier molecular flexibility index (Phi) is 4.75. The predicted molar refractivity (Wildman–Crippen MR) is 95.1 cm³/mol. The monoisotopic (exact) mass is 316 g/mol. The number of nitriles is 1. The van der Waals surface area contributed by atoms with Crippen LogP contribution in [0, 0.1) is 11.3 Å². The zero-order chi connectivity index (χ0) is 16.1. The predicted octanol–water partition coefficient (Wildman–Crippen LogP) is 5.47. The highest BCUT2D eigenvalue weighted by molar-refractivity contribution is 7.99. The number of nitrogens with zero attached hydrogens (tertiary/aromatic N) is 2. The number of thioether (sulfide) groups is 1. The molecule has 23 heavy (non-hydrogen) atoms. The standard InChI is InChI=1S/C20H16N2S/c1-15(16-8-4-2-5-9-16)23-20-18(14-21)12-13-19(22-20)17-10-6-3-7-11-17/h2-13,15H,1H3. The Morgan fingerprint density at radius 2 is 1.57 bits per heavy atom. The van der Waals surface area contributed by atoms with E-state index in [9.17, 15) is 5.26 Å². The molecule has 2 aromatic carbocycles. The van der Waals surface area contributed by atoms with Gasteiger partial charge in [0, 0.05) is 10.8 Å². The highest BCUT2D eigenvalue weighted by atomic mass is 32.2. The third-order valence-electron chi connectivity index (χ3n) is 3.61. The van der Waals surface area contributed by atoms with Gasteiger partial charge in [-0.25, -0.2) is 4.98 Å². The first kappa shape index (κ1) is 15.3. The molecule has 0 saturated heterocycles. The van der Waals surface area contributed by atoms with Crippen LogP contribution in [0.3, 0.4) is 0 Å². The molecule has 3 heteroatoms. The number of aromatic nitrogens is 1. The molecule has 1 unspecified atom stereocenters. The van der Waals surface area contributed by atoms with E-state index in [-0.39, 0.29) is 5.25 Å². The van der Waals surface area contributed by atoms with Crippen molar-refractivity contribution < 1.29 is 0 Å². The SMILES string of the molecule is CC(Sc1nc(-c2ccccc2)ccc1C#N)c1ccccc1. The summed E-state index contributed by atoms with van der Waals surface area (Å²) in [6, 6.07) is 26.3. The molecule has 0 radical (unpaired) electrons. The molecule has 0 amide bonds. The topological polar surface area (TPSA) is 36.7 Å². The molecule has 0 aliphatic carbocycles. The van der Waals surface area contributed by atoms with E-state index in [2.05, 4.69) is 25.1 Å². The zero-order valence-electron chi connectivity index (χ0n) is 12.8. The number of hydrogen-bond acceptors (Lipinski definition) is 3. The lowest BCUT2D eigenvalue weighted by Gasteiger charge is -2.13. The normalized spacial score (nSPS) is 11.7. The fourth-order valence-corrected chi connectivity index (χ4v) is 3.36. The molecule has 1 heterocycles. The van der Waals surface area contributed by atoms with E-state index in [1.54, 1.807) is 11.8 Å². The summed E-state index contributed by atoms with van der Waals surface area (Å²) < 4.78 is 0. The lowest BCUT2D eigenvalue weighted by molar-refractivity contribution is 1.06. The molecule has 2 nitrogen and oxygen atoms in total. The van der Waals surface area contributed by atoms with Gasteiger partial charge < -0.3 is 0 Å². The third kappa shape index (κ3) is 3.61. The lowest BCUT2D eigenvalue weighted by atomic mass is 10.1. The van der Waals surface area contributed by atoms with E-state index in [1.165, 1.54) is 5.56 Å². The summed E-state index contributed by atoms with van der Waals surface area (Å²) in [4.78, 5) is 4.72.